The van der Waals surface area contributed by atoms with E-state index in [4.69, 9.17) is 16.4 Å². The monoisotopic (exact) mass is 267 g/mol. The maximum Gasteiger partial charge on any atom is 0.147 e. The summed E-state index contributed by atoms with van der Waals surface area (Å²) >= 11 is 2.98. The summed E-state index contributed by atoms with van der Waals surface area (Å²) < 4.78 is 95.2. The van der Waals surface area contributed by atoms with Crippen LogP contribution in [-0.2, 0) is 0 Å². The van der Waals surface area contributed by atoms with Crippen LogP contribution in [0.5, 0.6) is 0 Å². The van der Waals surface area contributed by atoms with Gasteiger partial charge in [0, 0.05) is 27.6 Å². The molecule has 0 radical (unpaired) electrons. The van der Waals surface area contributed by atoms with Crippen molar-refractivity contribution in [2.24, 2.45) is 0 Å². The Kier molecular flexibility index (Phi) is 0.893. The molecular weight excluding hydrogens is 242 g/mol. The second-order valence-corrected chi connectivity index (χ2v) is 3.18. The molecule has 1 unspecified atom stereocenters. The molecule has 1 aromatic heterocycles. The van der Waals surface area contributed by atoms with Crippen LogP contribution in [0.3, 0.4) is 0 Å². The molecule has 0 bridgehead atoms. The fourth-order valence-electron chi connectivity index (χ4n) is 0.879. The summed E-state index contributed by atoms with van der Waals surface area (Å²) in [4.78, 5) is 7.50. The highest BCUT2D eigenvalue weighted by Gasteiger charge is 2.19. The van der Waals surface area contributed by atoms with E-state index < -0.39 is 44.3 Å². The Morgan fingerprint density at radius 1 is 1.64 bits per heavy atom. The predicted octanol–water partition coefficient (Wildman–Crippen LogP) is 2.62. The zero-order valence-corrected chi connectivity index (χ0v) is 8.46. The number of halogens is 1. The van der Waals surface area contributed by atoms with E-state index in [2.05, 4.69) is 25.9 Å². The van der Waals surface area contributed by atoms with Gasteiger partial charge in [0.05, 0.1) is 13.8 Å². The third-order valence-electron chi connectivity index (χ3n) is 1.47. The third kappa shape index (κ3) is 2.05. The van der Waals surface area contributed by atoms with E-state index >= 15 is 0 Å². The van der Waals surface area contributed by atoms with Crippen LogP contribution >= 0.6 is 15.9 Å². The van der Waals surface area contributed by atoms with E-state index in [9.17, 15) is 0 Å². The number of nitrogens with zero attached hydrogens (tertiary/aromatic N) is 3. The first-order valence-electron chi connectivity index (χ1n) is 9.65. The SMILES string of the molecule is [2H]C([2H])([2H])C1([2H])N(c2cnc(Br)cn2)C([2H])([2H])C([2H])([2H])C([2H])([2H])C1([2H])[2H]. The highest BCUT2D eigenvalue weighted by atomic mass is 79.9. The van der Waals surface area contributed by atoms with E-state index in [1.54, 1.807) is 0 Å². The zero-order valence-electron chi connectivity index (χ0n) is 18.9. The Hall–Kier alpha value is -0.640. The van der Waals surface area contributed by atoms with Crippen molar-refractivity contribution >= 4 is 21.7 Å². The minimum Gasteiger partial charge on any atom is -0.353 e. The lowest BCUT2D eigenvalue weighted by atomic mass is 10.0. The number of rotatable bonds is 1. The van der Waals surface area contributed by atoms with Crippen molar-refractivity contribution in [2.45, 2.75) is 32.0 Å². The molecular formula is C10H14BrN3. The first kappa shape index (κ1) is 2.94. The molecule has 2 rings (SSSR count). The van der Waals surface area contributed by atoms with E-state index in [1.165, 1.54) is 0 Å². The third-order valence-corrected chi connectivity index (χ3v) is 1.88. The highest BCUT2D eigenvalue weighted by molar-refractivity contribution is 9.10. The van der Waals surface area contributed by atoms with Gasteiger partial charge in [-0.05, 0) is 41.9 Å². The molecule has 1 aromatic rings. The summed E-state index contributed by atoms with van der Waals surface area (Å²) in [5.41, 5.74) is 0. The van der Waals surface area contributed by atoms with E-state index in [-0.39, 0.29) is 9.50 Å². The highest BCUT2D eigenvalue weighted by Crippen LogP contribution is 2.22. The molecule has 14 heavy (non-hydrogen) atoms. The summed E-state index contributed by atoms with van der Waals surface area (Å²) in [6, 6.07) is -3.54. The second-order valence-electron chi connectivity index (χ2n) is 2.37. The number of hydrogen-bond donors (Lipinski definition) is 0. The molecule has 0 aromatic carbocycles. The van der Waals surface area contributed by atoms with Crippen LogP contribution in [0, 0.1) is 0 Å². The van der Waals surface area contributed by atoms with Gasteiger partial charge in [0.25, 0.3) is 0 Å². The molecule has 0 aliphatic carbocycles. The van der Waals surface area contributed by atoms with Gasteiger partial charge in [-0.2, -0.15) is 0 Å². The van der Waals surface area contributed by atoms with Crippen LogP contribution in [0.15, 0.2) is 17.0 Å². The average Bonchev–Trinajstić information content (AvgIpc) is 2.46. The molecule has 1 aliphatic heterocycles. The van der Waals surface area contributed by atoms with Gasteiger partial charge in [0.1, 0.15) is 10.4 Å². The fraction of sp³-hybridized carbons (Fsp3) is 0.600. The van der Waals surface area contributed by atoms with Crippen LogP contribution in [0.2, 0.25) is 0 Å². The summed E-state index contributed by atoms with van der Waals surface area (Å²) in [7, 11) is 0. The van der Waals surface area contributed by atoms with Gasteiger partial charge in [0.15, 0.2) is 0 Å². The van der Waals surface area contributed by atoms with Crippen molar-refractivity contribution in [1.82, 2.24) is 9.97 Å². The van der Waals surface area contributed by atoms with Gasteiger partial charge in [-0.1, -0.05) is 0 Å². The van der Waals surface area contributed by atoms with E-state index in [0.29, 0.717) is 0 Å². The molecule has 4 heteroatoms. The van der Waals surface area contributed by atoms with Crippen molar-refractivity contribution in [3.8, 4) is 0 Å². The topological polar surface area (TPSA) is 29.0 Å². The Labute approximate surface area is 110 Å². The number of hydrogen-bond acceptors (Lipinski definition) is 3. The van der Waals surface area contributed by atoms with Crippen LogP contribution in [-0.4, -0.2) is 22.5 Å². The van der Waals surface area contributed by atoms with Crippen LogP contribution < -0.4 is 4.90 Å². The smallest absolute Gasteiger partial charge is 0.147 e. The summed E-state index contributed by atoms with van der Waals surface area (Å²) in [6.07, 6.45) is -8.95. The lowest BCUT2D eigenvalue weighted by Crippen LogP contribution is -2.38. The maximum absolute atomic E-state index is 8.37. The van der Waals surface area contributed by atoms with Crippen molar-refractivity contribution < 1.29 is 16.4 Å². The first-order chi connectivity index (χ1) is 11.4. The predicted molar refractivity (Wildman–Crippen MR) is 60.4 cm³/mol. The Balaban J connectivity index is 2.94. The van der Waals surface area contributed by atoms with E-state index in [1.807, 2.05) is 0 Å². The lowest BCUT2D eigenvalue weighted by molar-refractivity contribution is 0.480. The molecule has 2 heterocycles. The van der Waals surface area contributed by atoms with Crippen molar-refractivity contribution in [1.29, 1.82) is 0 Å². The normalized spacial score (nSPS) is 55.6. The molecule has 1 fully saturated rings. The number of anilines is 1. The molecule has 0 spiro atoms. The van der Waals surface area contributed by atoms with Crippen molar-refractivity contribution in [3.63, 3.8) is 0 Å². The number of aromatic nitrogens is 2. The Bertz CT molecular complexity index is 702. The Morgan fingerprint density at radius 2 is 2.57 bits per heavy atom. The minimum absolute atomic E-state index is 0.0216. The molecule has 1 aliphatic rings. The van der Waals surface area contributed by atoms with Crippen molar-refractivity contribution in [3.05, 3.63) is 17.0 Å². The van der Waals surface area contributed by atoms with E-state index in [0.717, 1.165) is 12.4 Å². The molecule has 1 saturated heterocycles. The zero-order chi connectivity index (χ0) is 20.6. The molecule has 0 N–H and O–H groups in total. The fourth-order valence-corrected chi connectivity index (χ4v) is 1.08. The molecule has 76 valence electrons. The molecule has 1 atom stereocenters. The minimum atomic E-state index is -3.66. The van der Waals surface area contributed by atoms with Crippen LogP contribution in [0.25, 0.3) is 0 Å². The Morgan fingerprint density at radius 3 is 3.29 bits per heavy atom. The molecule has 3 nitrogen and oxygen atoms in total. The van der Waals surface area contributed by atoms with Gasteiger partial charge >= 0.3 is 0 Å². The quantitative estimate of drug-likeness (QED) is 0.784. The van der Waals surface area contributed by atoms with Gasteiger partial charge in [-0.15, -0.1) is 0 Å². The van der Waals surface area contributed by atoms with Crippen LogP contribution in [0.4, 0.5) is 5.82 Å². The molecule has 0 saturated carbocycles. The second kappa shape index (κ2) is 4.26. The van der Waals surface area contributed by atoms with Gasteiger partial charge in [-0.3, -0.25) is 0 Å². The maximum atomic E-state index is 8.37. The van der Waals surface area contributed by atoms with Crippen molar-refractivity contribution in [2.75, 3.05) is 11.4 Å². The summed E-state index contributed by atoms with van der Waals surface area (Å²) in [6.45, 7) is -7.01. The number of piperidine rings is 1. The van der Waals surface area contributed by atoms with Crippen LogP contribution in [0.1, 0.15) is 42.4 Å². The molecule has 0 amide bonds. The average molecular weight is 268 g/mol. The van der Waals surface area contributed by atoms with Gasteiger partial charge < -0.3 is 4.90 Å². The largest absolute Gasteiger partial charge is 0.353 e. The standard InChI is InChI=1S/C10H14BrN3/c1-8-4-2-3-5-14(8)10-7-12-9(11)6-13-10/h6-8H,2-5H2,1H3/i1D3,2D2,3D2,4D2,5D2,8D. The van der Waals surface area contributed by atoms with Gasteiger partial charge in [-0.25, -0.2) is 9.97 Å². The summed E-state index contributed by atoms with van der Waals surface area (Å²) in [5.74, 6) is -0.618. The first-order valence-corrected chi connectivity index (χ1v) is 4.44. The lowest BCUT2D eigenvalue weighted by Gasteiger charge is -2.34. The summed E-state index contributed by atoms with van der Waals surface area (Å²) in [5, 5.41) is 0. The van der Waals surface area contributed by atoms with Gasteiger partial charge in [0.2, 0.25) is 0 Å².